The van der Waals surface area contributed by atoms with Gasteiger partial charge in [0, 0.05) is 11.3 Å². The minimum Gasteiger partial charge on any atom is -0.496 e. The zero-order valence-electron chi connectivity index (χ0n) is 17.5. The fourth-order valence-electron chi connectivity index (χ4n) is 3.16. The van der Waals surface area contributed by atoms with Crippen molar-refractivity contribution in [2.24, 2.45) is 0 Å². The molecule has 0 radical (unpaired) electrons. The molecule has 0 spiro atoms. The summed E-state index contributed by atoms with van der Waals surface area (Å²) >= 11 is 1.19. The number of hydrogen-bond acceptors (Lipinski definition) is 7. The Labute approximate surface area is 193 Å². The van der Waals surface area contributed by atoms with E-state index in [4.69, 9.17) is 4.74 Å². The van der Waals surface area contributed by atoms with Gasteiger partial charge in [-0.2, -0.15) is 0 Å². The molecule has 1 amide bonds. The molecule has 4 rings (SSSR count). The molecule has 0 aliphatic heterocycles. The van der Waals surface area contributed by atoms with E-state index in [0.29, 0.717) is 16.7 Å². The molecule has 0 saturated heterocycles. The molecule has 1 aromatic heterocycles. The van der Waals surface area contributed by atoms with Crippen LogP contribution in [0.4, 0.5) is 11.4 Å². The standard InChI is InChI=1S/C23H19N5O4S/c1-32-18-12-13-19(20(14-18)28(30)31)24-21(29)15-33-23-26-25-22(16-8-4-2-5-9-16)27(23)17-10-6-3-7-11-17/h2-14H,15H2,1H3,(H,24,29). The van der Waals surface area contributed by atoms with Gasteiger partial charge in [0.2, 0.25) is 5.91 Å². The number of amides is 1. The number of thioether (sulfide) groups is 1. The number of rotatable bonds is 8. The zero-order valence-corrected chi connectivity index (χ0v) is 18.4. The van der Waals surface area contributed by atoms with Crippen LogP contribution in [0.5, 0.6) is 5.75 Å². The van der Waals surface area contributed by atoms with Crippen LogP contribution in [-0.4, -0.2) is 38.5 Å². The lowest BCUT2D eigenvalue weighted by Gasteiger charge is -2.10. The Balaban J connectivity index is 1.56. The minimum atomic E-state index is -0.566. The molecule has 1 heterocycles. The molecular weight excluding hydrogens is 442 g/mol. The van der Waals surface area contributed by atoms with Crippen LogP contribution >= 0.6 is 11.8 Å². The van der Waals surface area contributed by atoms with Gasteiger partial charge in [0.25, 0.3) is 5.69 Å². The lowest BCUT2D eigenvalue weighted by Crippen LogP contribution is -2.15. The summed E-state index contributed by atoms with van der Waals surface area (Å²) in [6, 6.07) is 23.5. The number of nitrogens with one attached hydrogen (secondary N) is 1. The maximum atomic E-state index is 12.6. The number of carbonyl (C=O) groups excluding carboxylic acids is 1. The SMILES string of the molecule is COc1ccc(NC(=O)CSc2nnc(-c3ccccc3)n2-c2ccccc2)c([N+](=O)[O-])c1. The third-order valence-electron chi connectivity index (χ3n) is 4.69. The Morgan fingerprint density at radius 3 is 2.42 bits per heavy atom. The average Bonchev–Trinajstić information content (AvgIpc) is 3.28. The van der Waals surface area contributed by atoms with E-state index >= 15 is 0 Å². The summed E-state index contributed by atoms with van der Waals surface area (Å²) in [4.78, 5) is 23.4. The van der Waals surface area contributed by atoms with E-state index in [9.17, 15) is 14.9 Å². The Morgan fingerprint density at radius 1 is 1.06 bits per heavy atom. The molecule has 10 heteroatoms. The summed E-state index contributed by atoms with van der Waals surface area (Å²) in [5.74, 6) is 0.564. The van der Waals surface area contributed by atoms with E-state index in [0.717, 1.165) is 11.3 Å². The summed E-state index contributed by atoms with van der Waals surface area (Å²) in [6.07, 6.45) is 0. The van der Waals surface area contributed by atoms with Gasteiger partial charge in [0.05, 0.1) is 23.9 Å². The number of hydrogen-bond donors (Lipinski definition) is 1. The van der Waals surface area contributed by atoms with Crippen LogP contribution in [0.3, 0.4) is 0 Å². The molecule has 33 heavy (non-hydrogen) atoms. The van der Waals surface area contributed by atoms with Crippen molar-refractivity contribution in [1.29, 1.82) is 0 Å². The molecule has 166 valence electrons. The first-order chi connectivity index (χ1) is 16.1. The molecule has 0 unspecified atom stereocenters. The van der Waals surface area contributed by atoms with Crippen molar-refractivity contribution < 1.29 is 14.5 Å². The number of methoxy groups -OCH3 is 1. The van der Waals surface area contributed by atoms with Crippen LogP contribution in [0.25, 0.3) is 17.1 Å². The number of nitro groups is 1. The molecule has 0 atom stereocenters. The van der Waals surface area contributed by atoms with E-state index in [2.05, 4.69) is 15.5 Å². The average molecular weight is 462 g/mol. The van der Waals surface area contributed by atoms with Crippen molar-refractivity contribution in [3.63, 3.8) is 0 Å². The maximum absolute atomic E-state index is 12.6. The molecule has 0 bridgehead atoms. The predicted octanol–water partition coefficient (Wildman–Crippen LogP) is 4.58. The molecule has 9 nitrogen and oxygen atoms in total. The first-order valence-corrected chi connectivity index (χ1v) is 10.9. The van der Waals surface area contributed by atoms with Crippen LogP contribution in [0.15, 0.2) is 84.0 Å². The Hall–Kier alpha value is -4.18. The van der Waals surface area contributed by atoms with Gasteiger partial charge in [-0.25, -0.2) is 0 Å². The monoisotopic (exact) mass is 461 g/mol. The van der Waals surface area contributed by atoms with Gasteiger partial charge in [-0.15, -0.1) is 10.2 Å². The largest absolute Gasteiger partial charge is 0.496 e. The summed E-state index contributed by atoms with van der Waals surface area (Å²) in [7, 11) is 1.42. The number of nitrogens with zero attached hydrogens (tertiary/aromatic N) is 4. The van der Waals surface area contributed by atoms with Crippen molar-refractivity contribution in [2.75, 3.05) is 18.2 Å². The van der Waals surface area contributed by atoms with E-state index in [1.807, 2.05) is 65.2 Å². The normalized spacial score (nSPS) is 10.6. The Kier molecular flexibility index (Phi) is 6.65. The van der Waals surface area contributed by atoms with Gasteiger partial charge < -0.3 is 10.1 Å². The lowest BCUT2D eigenvalue weighted by molar-refractivity contribution is -0.384. The topological polar surface area (TPSA) is 112 Å². The fourth-order valence-corrected chi connectivity index (χ4v) is 3.91. The second kappa shape index (κ2) is 9.96. The number of para-hydroxylation sites is 1. The van der Waals surface area contributed by atoms with Gasteiger partial charge in [0.15, 0.2) is 11.0 Å². The molecular formula is C23H19N5O4S. The molecule has 3 aromatic carbocycles. The van der Waals surface area contributed by atoms with Crippen molar-refractivity contribution in [3.05, 3.63) is 89.0 Å². The van der Waals surface area contributed by atoms with Gasteiger partial charge in [-0.1, -0.05) is 60.3 Å². The maximum Gasteiger partial charge on any atom is 0.296 e. The molecule has 0 aliphatic rings. The number of anilines is 1. The highest BCUT2D eigenvalue weighted by Crippen LogP contribution is 2.30. The highest BCUT2D eigenvalue weighted by atomic mass is 32.2. The van der Waals surface area contributed by atoms with Gasteiger partial charge in [0.1, 0.15) is 11.4 Å². The molecule has 4 aromatic rings. The molecule has 0 aliphatic carbocycles. The van der Waals surface area contributed by atoms with E-state index in [1.54, 1.807) is 6.07 Å². The summed E-state index contributed by atoms with van der Waals surface area (Å²) < 4.78 is 6.90. The zero-order chi connectivity index (χ0) is 23.2. The van der Waals surface area contributed by atoms with Crippen LogP contribution < -0.4 is 10.1 Å². The number of nitro benzene ring substituents is 1. The first-order valence-electron chi connectivity index (χ1n) is 9.88. The quantitative estimate of drug-likeness (QED) is 0.232. The number of carbonyl (C=O) groups is 1. The van der Waals surface area contributed by atoms with Crippen molar-refractivity contribution in [1.82, 2.24) is 14.8 Å². The number of ether oxygens (including phenoxy) is 1. The highest BCUT2D eigenvalue weighted by Gasteiger charge is 2.20. The van der Waals surface area contributed by atoms with Crippen LogP contribution in [-0.2, 0) is 4.79 Å². The Bertz CT molecular complexity index is 1280. The van der Waals surface area contributed by atoms with Crippen LogP contribution in [0, 0.1) is 10.1 Å². The molecule has 1 N–H and O–H groups in total. The van der Waals surface area contributed by atoms with Crippen molar-refractivity contribution in [3.8, 4) is 22.8 Å². The smallest absolute Gasteiger partial charge is 0.296 e. The minimum absolute atomic E-state index is 0.0110. The van der Waals surface area contributed by atoms with E-state index < -0.39 is 10.8 Å². The Morgan fingerprint density at radius 2 is 1.76 bits per heavy atom. The van der Waals surface area contributed by atoms with Crippen LogP contribution in [0.1, 0.15) is 0 Å². The van der Waals surface area contributed by atoms with Gasteiger partial charge in [-0.05, 0) is 24.3 Å². The van der Waals surface area contributed by atoms with Crippen LogP contribution in [0.2, 0.25) is 0 Å². The second-order valence-electron chi connectivity index (χ2n) is 6.82. The third-order valence-corrected chi connectivity index (χ3v) is 5.62. The van der Waals surface area contributed by atoms with Gasteiger partial charge >= 0.3 is 0 Å². The van der Waals surface area contributed by atoms with E-state index in [1.165, 1.54) is 31.0 Å². The first kappa shape index (κ1) is 22.0. The predicted molar refractivity (Wildman–Crippen MR) is 126 cm³/mol. The summed E-state index contributed by atoms with van der Waals surface area (Å²) in [5, 5.41) is 23.1. The lowest BCUT2D eigenvalue weighted by atomic mass is 10.2. The molecule has 0 saturated carbocycles. The summed E-state index contributed by atoms with van der Waals surface area (Å²) in [5.41, 5.74) is 1.60. The molecule has 0 fully saturated rings. The van der Waals surface area contributed by atoms with Gasteiger partial charge in [-0.3, -0.25) is 19.5 Å². The number of benzene rings is 3. The fraction of sp³-hybridized carbons (Fsp3) is 0.0870. The number of aromatic nitrogens is 3. The van der Waals surface area contributed by atoms with Crippen molar-refractivity contribution >= 4 is 29.0 Å². The second-order valence-corrected chi connectivity index (χ2v) is 7.76. The summed E-state index contributed by atoms with van der Waals surface area (Å²) in [6.45, 7) is 0. The third kappa shape index (κ3) is 5.01. The van der Waals surface area contributed by atoms with E-state index in [-0.39, 0.29) is 17.1 Å². The highest BCUT2D eigenvalue weighted by molar-refractivity contribution is 7.99. The van der Waals surface area contributed by atoms with Crippen molar-refractivity contribution in [2.45, 2.75) is 5.16 Å².